The minimum Gasteiger partial charge on any atom is -0.491 e. The Morgan fingerprint density at radius 1 is 1.19 bits per heavy atom. The van der Waals surface area contributed by atoms with Gasteiger partial charge in [-0.05, 0) is 67.5 Å². The number of Topliss-reactive ketones (excluding diaryl/α,β-unsaturated/α-hetero) is 1. The number of hydrogen-bond donors (Lipinski definition) is 1. The van der Waals surface area contributed by atoms with Crippen LogP contribution in [-0.2, 0) is 10.2 Å². The Balaban J connectivity index is 1.68. The van der Waals surface area contributed by atoms with E-state index < -0.39 is 0 Å². The number of fused-ring (bicyclic) bond motifs is 2. The highest BCUT2D eigenvalue weighted by molar-refractivity contribution is 6.12. The predicted molar refractivity (Wildman–Crippen MR) is 140 cm³/mol. The molecule has 2 aliphatic heterocycles. The third-order valence-corrected chi connectivity index (χ3v) is 6.21. The monoisotopic (exact) mass is 490 g/mol. The number of aliphatic hydroxyl groups excluding tert-OH is 1. The van der Waals surface area contributed by atoms with E-state index in [1.165, 1.54) is 0 Å². The Kier molecular flexibility index (Phi) is 7.48. The van der Waals surface area contributed by atoms with E-state index in [2.05, 4.69) is 33.1 Å². The van der Waals surface area contributed by atoms with Crippen molar-refractivity contribution in [3.8, 4) is 5.75 Å². The van der Waals surface area contributed by atoms with Gasteiger partial charge in [-0.1, -0.05) is 27.4 Å². The summed E-state index contributed by atoms with van der Waals surface area (Å²) in [5.41, 5.74) is 6.30. The molecule has 0 saturated carbocycles. The van der Waals surface area contributed by atoms with Gasteiger partial charge in [-0.25, -0.2) is 5.01 Å². The van der Waals surface area contributed by atoms with Crippen LogP contribution in [0.15, 0.2) is 69.8 Å². The van der Waals surface area contributed by atoms with Gasteiger partial charge in [0.15, 0.2) is 17.4 Å². The second-order valence-electron chi connectivity index (χ2n) is 9.83. The SMILES string of the molecule is C=C=C/C=C1\N(CC(=O)c2cc(OCCO)cc(C(C)(C)C)c2)N=C2C3=C(CCC3)C(OCC)=NN21. The zero-order valence-corrected chi connectivity index (χ0v) is 21.5. The lowest BCUT2D eigenvalue weighted by Crippen LogP contribution is -2.32. The Hall–Kier alpha value is -3.61. The molecule has 0 atom stereocenters. The molecule has 0 radical (unpaired) electrons. The van der Waals surface area contributed by atoms with E-state index in [9.17, 15) is 9.90 Å². The van der Waals surface area contributed by atoms with Crippen molar-refractivity contribution in [2.75, 3.05) is 26.4 Å². The Bertz CT molecular complexity index is 1210. The summed E-state index contributed by atoms with van der Waals surface area (Å²) in [5, 5.41) is 22.2. The number of carbonyl (C=O) groups excluding carboxylic acids is 1. The van der Waals surface area contributed by atoms with Crippen LogP contribution in [-0.4, -0.2) is 59.0 Å². The molecule has 0 amide bonds. The van der Waals surface area contributed by atoms with Gasteiger partial charge in [0, 0.05) is 16.7 Å². The molecule has 36 heavy (non-hydrogen) atoms. The van der Waals surface area contributed by atoms with E-state index in [0.717, 1.165) is 41.8 Å². The molecule has 1 aromatic rings. The molecule has 4 rings (SSSR count). The number of nitrogens with zero attached hydrogens (tertiary/aromatic N) is 4. The van der Waals surface area contributed by atoms with Crippen LogP contribution in [0.25, 0.3) is 0 Å². The van der Waals surface area contributed by atoms with Crippen LogP contribution >= 0.6 is 0 Å². The average Bonchev–Trinajstić information content (AvgIpc) is 3.46. The zero-order valence-electron chi connectivity index (χ0n) is 21.5. The van der Waals surface area contributed by atoms with Crippen molar-refractivity contribution >= 4 is 17.5 Å². The lowest BCUT2D eigenvalue weighted by atomic mass is 9.85. The van der Waals surface area contributed by atoms with Gasteiger partial charge in [0.05, 0.1) is 13.2 Å². The van der Waals surface area contributed by atoms with E-state index in [0.29, 0.717) is 29.6 Å². The molecule has 8 nitrogen and oxygen atoms in total. The summed E-state index contributed by atoms with van der Waals surface area (Å²) in [5.74, 6) is 2.44. The fraction of sp³-hybridized carbons (Fsp3) is 0.429. The lowest BCUT2D eigenvalue weighted by molar-refractivity contribution is 0.0946. The highest BCUT2D eigenvalue weighted by atomic mass is 16.5. The van der Waals surface area contributed by atoms with Crippen molar-refractivity contribution in [2.24, 2.45) is 10.2 Å². The normalized spacial score (nSPS) is 18.0. The summed E-state index contributed by atoms with van der Waals surface area (Å²) in [6.07, 6.45) is 6.29. The summed E-state index contributed by atoms with van der Waals surface area (Å²) in [7, 11) is 0. The van der Waals surface area contributed by atoms with Crippen LogP contribution in [0.2, 0.25) is 0 Å². The van der Waals surface area contributed by atoms with Crippen LogP contribution in [0.3, 0.4) is 0 Å². The number of amidine groups is 1. The molecule has 0 saturated heterocycles. The minimum absolute atomic E-state index is 0.0198. The van der Waals surface area contributed by atoms with E-state index in [-0.39, 0.29) is 31.0 Å². The third-order valence-electron chi connectivity index (χ3n) is 6.21. The first-order valence-electron chi connectivity index (χ1n) is 12.4. The first-order valence-corrected chi connectivity index (χ1v) is 12.4. The smallest absolute Gasteiger partial charge is 0.235 e. The molecule has 0 bridgehead atoms. The molecule has 190 valence electrons. The summed E-state index contributed by atoms with van der Waals surface area (Å²) in [6, 6.07) is 5.54. The molecule has 0 unspecified atom stereocenters. The molecule has 1 aromatic carbocycles. The molecule has 0 spiro atoms. The van der Waals surface area contributed by atoms with Crippen molar-refractivity contribution in [1.82, 2.24) is 10.0 Å². The maximum atomic E-state index is 13.6. The Labute approximate surface area is 212 Å². The number of aliphatic hydroxyl groups is 1. The molecular formula is C28H34N4O4. The van der Waals surface area contributed by atoms with Crippen molar-refractivity contribution in [2.45, 2.75) is 52.4 Å². The van der Waals surface area contributed by atoms with E-state index in [1.807, 2.05) is 19.1 Å². The number of hydrogen-bond acceptors (Lipinski definition) is 8. The van der Waals surface area contributed by atoms with Crippen LogP contribution in [0.1, 0.15) is 62.9 Å². The van der Waals surface area contributed by atoms with E-state index in [1.54, 1.807) is 28.2 Å². The number of allylic oxidation sites excluding steroid dienone is 2. The molecule has 1 aliphatic carbocycles. The third kappa shape index (κ3) is 5.15. The first-order chi connectivity index (χ1) is 17.3. The maximum Gasteiger partial charge on any atom is 0.235 e. The Morgan fingerprint density at radius 3 is 2.67 bits per heavy atom. The van der Waals surface area contributed by atoms with Gasteiger partial charge in [-0.15, -0.1) is 10.8 Å². The van der Waals surface area contributed by atoms with Gasteiger partial charge in [0.2, 0.25) is 5.90 Å². The van der Waals surface area contributed by atoms with Crippen LogP contribution in [0.4, 0.5) is 0 Å². The van der Waals surface area contributed by atoms with Gasteiger partial charge >= 0.3 is 0 Å². The van der Waals surface area contributed by atoms with Crippen molar-refractivity contribution in [3.63, 3.8) is 0 Å². The molecule has 0 fully saturated rings. The van der Waals surface area contributed by atoms with E-state index >= 15 is 0 Å². The van der Waals surface area contributed by atoms with Crippen molar-refractivity contribution in [1.29, 1.82) is 0 Å². The fourth-order valence-electron chi connectivity index (χ4n) is 4.42. The molecule has 1 N–H and O–H groups in total. The predicted octanol–water partition coefficient (Wildman–Crippen LogP) is 4.50. The van der Waals surface area contributed by atoms with Crippen LogP contribution in [0.5, 0.6) is 5.75 Å². The fourth-order valence-corrected chi connectivity index (χ4v) is 4.42. The first kappa shape index (κ1) is 25.5. The standard InChI is InChI=1S/C28H34N4O4/c1-6-8-12-25-31(29-26-22-10-9-11-23(22)27(35-7-2)30-32(25)26)18-24(34)19-15-20(28(3,4)5)17-21(16-19)36-14-13-33/h8,12,15-17,33H,1,7,9-11,13-14,18H2,2-5H3/b25-12+. The molecule has 2 heterocycles. The number of hydrazone groups is 2. The summed E-state index contributed by atoms with van der Waals surface area (Å²) < 4.78 is 11.5. The van der Waals surface area contributed by atoms with Gasteiger partial charge < -0.3 is 14.6 Å². The number of rotatable bonds is 8. The van der Waals surface area contributed by atoms with Crippen molar-refractivity contribution in [3.05, 3.63) is 70.8 Å². The number of carbonyl (C=O) groups is 1. The summed E-state index contributed by atoms with van der Waals surface area (Å²) >= 11 is 0. The topological polar surface area (TPSA) is 87.0 Å². The molecule has 8 heteroatoms. The van der Waals surface area contributed by atoms with Crippen LogP contribution in [0, 0.1) is 0 Å². The van der Waals surface area contributed by atoms with Gasteiger partial charge in [0.1, 0.15) is 18.9 Å². The second kappa shape index (κ2) is 10.6. The molecule has 3 aliphatic rings. The van der Waals surface area contributed by atoms with Crippen molar-refractivity contribution < 1.29 is 19.4 Å². The largest absolute Gasteiger partial charge is 0.491 e. The van der Waals surface area contributed by atoms with Crippen LogP contribution < -0.4 is 4.74 Å². The highest BCUT2D eigenvalue weighted by Crippen LogP contribution is 2.38. The Morgan fingerprint density at radius 2 is 1.97 bits per heavy atom. The molecular weight excluding hydrogens is 456 g/mol. The number of ketones is 1. The number of ether oxygens (including phenoxy) is 2. The average molecular weight is 491 g/mol. The van der Waals surface area contributed by atoms with Gasteiger partial charge in [-0.2, -0.15) is 10.1 Å². The zero-order chi connectivity index (χ0) is 25.9. The minimum atomic E-state index is -0.183. The lowest BCUT2D eigenvalue weighted by Gasteiger charge is -2.25. The molecule has 0 aromatic heterocycles. The maximum absolute atomic E-state index is 13.6. The van der Waals surface area contributed by atoms with Gasteiger partial charge in [0.25, 0.3) is 0 Å². The van der Waals surface area contributed by atoms with E-state index in [4.69, 9.17) is 19.7 Å². The summed E-state index contributed by atoms with van der Waals surface area (Å²) in [4.78, 5) is 13.6. The van der Waals surface area contributed by atoms with Gasteiger partial charge in [-0.3, -0.25) is 4.79 Å². The quantitative estimate of drug-likeness (QED) is 0.427. The highest BCUT2D eigenvalue weighted by Gasteiger charge is 2.39. The number of benzene rings is 1. The second-order valence-corrected chi connectivity index (χ2v) is 9.83. The summed E-state index contributed by atoms with van der Waals surface area (Å²) in [6.45, 7) is 12.5.